The maximum Gasteiger partial charge on any atom is 0.254 e. The molecule has 3 rings (SSSR count). The zero-order chi connectivity index (χ0) is 16.2. The minimum Gasteiger partial charge on any atom is -0.456 e. The van der Waals surface area contributed by atoms with Crippen molar-refractivity contribution in [1.82, 2.24) is 14.8 Å². The Morgan fingerprint density at radius 1 is 1.17 bits per heavy atom. The van der Waals surface area contributed by atoms with Crippen molar-refractivity contribution >= 4 is 5.91 Å². The molecule has 1 aromatic carbocycles. The minimum absolute atomic E-state index is 0.0820. The summed E-state index contributed by atoms with van der Waals surface area (Å²) in [5.41, 5.74) is 0.694. The zero-order valence-corrected chi connectivity index (χ0v) is 13.5. The zero-order valence-electron chi connectivity index (χ0n) is 13.5. The number of likely N-dealkylation sites (N-methyl/N-ethyl adjacent to an activating group) is 1. The second-order valence-electron chi connectivity index (χ2n) is 5.92. The van der Waals surface area contributed by atoms with Crippen molar-refractivity contribution in [2.75, 3.05) is 26.7 Å². The third-order valence-corrected chi connectivity index (χ3v) is 4.06. The predicted molar refractivity (Wildman–Crippen MR) is 88.7 cm³/mol. The average molecular weight is 311 g/mol. The van der Waals surface area contributed by atoms with Crippen LogP contribution in [0.5, 0.6) is 11.5 Å². The number of carbonyl (C=O) groups is 1. The molecule has 0 N–H and O–H groups in total. The highest BCUT2D eigenvalue weighted by Crippen LogP contribution is 2.21. The Morgan fingerprint density at radius 3 is 2.61 bits per heavy atom. The second kappa shape index (κ2) is 6.79. The van der Waals surface area contributed by atoms with E-state index in [1.807, 2.05) is 41.3 Å². The first-order chi connectivity index (χ1) is 11.1. The van der Waals surface area contributed by atoms with Gasteiger partial charge in [0.2, 0.25) is 0 Å². The fraction of sp³-hybridized carbons (Fsp3) is 0.333. The van der Waals surface area contributed by atoms with Crippen LogP contribution in [-0.4, -0.2) is 53.4 Å². The molecular formula is C18H21N3O2. The fourth-order valence-corrected chi connectivity index (χ4v) is 2.82. The summed E-state index contributed by atoms with van der Waals surface area (Å²) in [6.07, 6.45) is 3.36. The van der Waals surface area contributed by atoms with Crippen molar-refractivity contribution in [1.29, 1.82) is 0 Å². The monoisotopic (exact) mass is 311 g/mol. The van der Waals surface area contributed by atoms with Gasteiger partial charge in [0, 0.05) is 37.4 Å². The van der Waals surface area contributed by atoms with E-state index in [1.54, 1.807) is 12.4 Å². The van der Waals surface area contributed by atoms with Crippen LogP contribution in [0.25, 0.3) is 0 Å². The van der Waals surface area contributed by atoms with Crippen molar-refractivity contribution in [2.45, 2.75) is 13.0 Å². The first kappa shape index (κ1) is 15.5. The van der Waals surface area contributed by atoms with Gasteiger partial charge in [-0.05, 0) is 50.4 Å². The summed E-state index contributed by atoms with van der Waals surface area (Å²) >= 11 is 0. The van der Waals surface area contributed by atoms with Crippen molar-refractivity contribution < 1.29 is 9.53 Å². The lowest BCUT2D eigenvalue weighted by atomic mass is 10.1. The largest absolute Gasteiger partial charge is 0.456 e. The van der Waals surface area contributed by atoms with Crippen LogP contribution >= 0.6 is 0 Å². The summed E-state index contributed by atoms with van der Waals surface area (Å²) in [5.74, 6) is 1.46. The van der Waals surface area contributed by atoms with E-state index in [-0.39, 0.29) is 11.9 Å². The summed E-state index contributed by atoms with van der Waals surface area (Å²) in [6, 6.07) is 11.2. The Kier molecular flexibility index (Phi) is 4.57. The maximum absolute atomic E-state index is 12.6. The molecule has 0 bridgehead atoms. The van der Waals surface area contributed by atoms with Gasteiger partial charge in [-0.3, -0.25) is 9.78 Å². The van der Waals surface area contributed by atoms with Gasteiger partial charge in [0.05, 0.1) is 6.20 Å². The number of hydrogen-bond donors (Lipinski definition) is 0. The lowest BCUT2D eigenvalue weighted by molar-refractivity contribution is 0.0533. The summed E-state index contributed by atoms with van der Waals surface area (Å²) in [6.45, 7) is 4.68. The molecule has 1 atom stereocenters. The molecule has 0 saturated carbocycles. The first-order valence-electron chi connectivity index (χ1n) is 7.81. The van der Waals surface area contributed by atoms with E-state index in [0.717, 1.165) is 19.6 Å². The second-order valence-corrected chi connectivity index (χ2v) is 5.92. The number of aromatic nitrogens is 1. The Labute approximate surface area is 136 Å². The third-order valence-electron chi connectivity index (χ3n) is 4.06. The van der Waals surface area contributed by atoms with Crippen LogP contribution in [0.1, 0.15) is 17.3 Å². The topological polar surface area (TPSA) is 45.7 Å². The summed E-state index contributed by atoms with van der Waals surface area (Å²) in [4.78, 5) is 20.8. The molecule has 5 heteroatoms. The highest BCUT2D eigenvalue weighted by Gasteiger charge is 2.26. The van der Waals surface area contributed by atoms with E-state index in [2.05, 4.69) is 23.9 Å². The first-order valence-corrected chi connectivity index (χ1v) is 7.81. The molecule has 120 valence electrons. The molecule has 1 amide bonds. The minimum atomic E-state index is 0.0820. The van der Waals surface area contributed by atoms with Crippen molar-refractivity contribution in [3.63, 3.8) is 0 Å². The Bertz CT molecular complexity index is 658. The quantitative estimate of drug-likeness (QED) is 0.874. The van der Waals surface area contributed by atoms with Crippen LogP contribution < -0.4 is 4.74 Å². The number of ether oxygens (including phenoxy) is 1. The smallest absolute Gasteiger partial charge is 0.254 e. The van der Waals surface area contributed by atoms with Crippen molar-refractivity contribution in [2.24, 2.45) is 0 Å². The molecule has 2 aromatic rings. The molecule has 0 spiro atoms. The van der Waals surface area contributed by atoms with Crippen LogP contribution in [0.2, 0.25) is 0 Å². The van der Waals surface area contributed by atoms with E-state index in [4.69, 9.17) is 4.74 Å². The molecule has 1 fully saturated rings. The van der Waals surface area contributed by atoms with Gasteiger partial charge in [-0.2, -0.15) is 0 Å². The molecule has 0 unspecified atom stereocenters. The molecule has 1 aliphatic rings. The number of piperazine rings is 1. The molecule has 1 aliphatic heterocycles. The van der Waals surface area contributed by atoms with Crippen molar-refractivity contribution in [3.8, 4) is 11.5 Å². The van der Waals surface area contributed by atoms with Crippen LogP contribution in [0.3, 0.4) is 0 Å². The molecule has 0 radical (unpaired) electrons. The Morgan fingerprint density at radius 2 is 1.96 bits per heavy atom. The van der Waals surface area contributed by atoms with Gasteiger partial charge in [0.25, 0.3) is 5.91 Å². The summed E-state index contributed by atoms with van der Waals surface area (Å²) in [5, 5.41) is 0. The van der Waals surface area contributed by atoms with E-state index in [0.29, 0.717) is 17.1 Å². The highest BCUT2D eigenvalue weighted by atomic mass is 16.5. The third kappa shape index (κ3) is 3.68. The van der Waals surface area contributed by atoms with E-state index < -0.39 is 0 Å². The molecule has 23 heavy (non-hydrogen) atoms. The van der Waals surface area contributed by atoms with Crippen LogP contribution in [-0.2, 0) is 0 Å². The molecular weight excluding hydrogens is 290 g/mol. The normalized spacial score (nSPS) is 18.7. The van der Waals surface area contributed by atoms with Crippen LogP contribution in [0.4, 0.5) is 0 Å². The highest BCUT2D eigenvalue weighted by molar-refractivity contribution is 5.94. The fourth-order valence-electron chi connectivity index (χ4n) is 2.82. The number of amides is 1. The van der Waals surface area contributed by atoms with Gasteiger partial charge in [0.1, 0.15) is 11.5 Å². The van der Waals surface area contributed by atoms with Crippen LogP contribution in [0.15, 0.2) is 48.8 Å². The molecule has 0 aliphatic carbocycles. The van der Waals surface area contributed by atoms with Crippen LogP contribution in [0, 0.1) is 0 Å². The Balaban J connectivity index is 1.68. The molecule has 1 saturated heterocycles. The lowest BCUT2D eigenvalue weighted by Crippen LogP contribution is -2.52. The standard InChI is InChI=1S/C18H21N3O2/c1-14-13-20(2)10-11-21(14)18(22)15-5-7-16(8-6-15)23-17-4-3-9-19-12-17/h3-9,12,14H,10-11,13H2,1-2H3/t14-/m0/s1. The molecule has 5 nitrogen and oxygen atoms in total. The number of hydrogen-bond acceptors (Lipinski definition) is 4. The number of benzene rings is 1. The van der Waals surface area contributed by atoms with E-state index in [9.17, 15) is 4.79 Å². The molecule has 1 aromatic heterocycles. The van der Waals surface area contributed by atoms with Gasteiger partial charge in [-0.25, -0.2) is 0 Å². The number of pyridine rings is 1. The average Bonchev–Trinajstić information content (AvgIpc) is 2.56. The number of nitrogens with zero attached hydrogens (tertiary/aromatic N) is 3. The number of rotatable bonds is 3. The van der Waals surface area contributed by atoms with Gasteiger partial charge in [-0.15, -0.1) is 0 Å². The van der Waals surface area contributed by atoms with E-state index in [1.165, 1.54) is 0 Å². The lowest BCUT2D eigenvalue weighted by Gasteiger charge is -2.38. The SMILES string of the molecule is C[C@H]1CN(C)CCN1C(=O)c1ccc(Oc2cccnc2)cc1. The van der Waals surface area contributed by atoms with Gasteiger partial charge in [-0.1, -0.05) is 0 Å². The van der Waals surface area contributed by atoms with Gasteiger partial charge >= 0.3 is 0 Å². The maximum atomic E-state index is 12.6. The van der Waals surface area contributed by atoms with Crippen molar-refractivity contribution in [3.05, 3.63) is 54.4 Å². The Hall–Kier alpha value is -2.40. The summed E-state index contributed by atoms with van der Waals surface area (Å²) in [7, 11) is 2.09. The number of carbonyl (C=O) groups excluding carboxylic acids is 1. The molecule has 2 heterocycles. The predicted octanol–water partition coefficient (Wildman–Crippen LogP) is 2.65. The van der Waals surface area contributed by atoms with Gasteiger partial charge < -0.3 is 14.5 Å². The van der Waals surface area contributed by atoms with Gasteiger partial charge in [0.15, 0.2) is 0 Å². The summed E-state index contributed by atoms with van der Waals surface area (Å²) < 4.78 is 5.70. The van der Waals surface area contributed by atoms with E-state index >= 15 is 0 Å².